The van der Waals surface area contributed by atoms with Gasteiger partial charge in [-0.25, -0.2) is 4.98 Å². The van der Waals surface area contributed by atoms with Gasteiger partial charge in [0.25, 0.3) is 5.91 Å². The van der Waals surface area contributed by atoms with Gasteiger partial charge in [0, 0.05) is 25.6 Å². The van der Waals surface area contributed by atoms with Gasteiger partial charge in [-0.2, -0.15) is 0 Å². The molecule has 3 aromatic rings. The Bertz CT molecular complexity index is 1300. The Balaban J connectivity index is 1.18. The first-order chi connectivity index (χ1) is 17.6. The number of Topliss-reactive ketones (excluding diaryl/α,β-unsaturated/α-hetero) is 1. The highest BCUT2D eigenvalue weighted by atomic mass is 16.5. The van der Waals surface area contributed by atoms with Gasteiger partial charge < -0.3 is 19.5 Å². The van der Waals surface area contributed by atoms with Crippen LogP contribution < -0.4 is 5.32 Å². The molecule has 1 N–H and O–H groups in total. The van der Waals surface area contributed by atoms with Crippen LogP contribution in [-0.2, 0) is 32.2 Å². The minimum atomic E-state index is -0.444. The van der Waals surface area contributed by atoms with Gasteiger partial charge in [-0.1, -0.05) is 42.5 Å². The van der Waals surface area contributed by atoms with Crippen LogP contribution in [0.2, 0.25) is 0 Å². The number of ketones is 1. The Hall–Kier alpha value is -3.52. The lowest BCUT2D eigenvalue weighted by molar-refractivity contribution is -0.151. The smallest absolute Gasteiger partial charge is 0.290 e. The third kappa shape index (κ3) is 4.41. The molecule has 1 saturated carbocycles. The van der Waals surface area contributed by atoms with E-state index in [1.807, 2.05) is 42.5 Å². The number of carbonyl (C=O) groups excluding carboxylic acids is 3. The molecule has 3 fully saturated rings. The minimum Gasteiger partial charge on any atom is -0.376 e. The van der Waals surface area contributed by atoms with Crippen LogP contribution >= 0.6 is 0 Å². The molecule has 3 heterocycles. The number of fused-ring (bicyclic) bond motifs is 2. The molecule has 8 nitrogen and oxygen atoms in total. The van der Waals surface area contributed by atoms with E-state index in [0.29, 0.717) is 26.0 Å². The van der Waals surface area contributed by atoms with Gasteiger partial charge >= 0.3 is 0 Å². The fourth-order valence-corrected chi connectivity index (χ4v) is 5.55. The lowest BCUT2D eigenvalue weighted by Crippen LogP contribution is -2.56. The zero-order valence-corrected chi connectivity index (χ0v) is 20.1. The van der Waals surface area contributed by atoms with Crippen molar-refractivity contribution in [3.8, 4) is 0 Å². The summed E-state index contributed by atoms with van der Waals surface area (Å²) in [6, 6.07) is 18.0. The third-order valence-corrected chi connectivity index (χ3v) is 7.64. The van der Waals surface area contributed by atoms with Crippen LogP contribution in [0.1, 0.15) is 37.1 Å². The molecule has 36 heavy (non-hydrogen) atoms. The van der Waals surface area contributed by atoms with Crippen LogP contribution in [0.3, 0.4) is 0 Å². The summed E-state index contributed by atoms with van der Waals surface area (Å²) in [6.45, 7) is 1.74. The number of imidazole rings is 1. The average molecular weight is 487 g/mol. The first kappa shape index (κ1) is 22.9. The molecule has 1 aliphatic carbocycles. The van der Waals surface area contributed by atoms with Crippen LogP contribution in [-0.4, -0.2) is 57.3 Å². The molecule has 2 aliphatic heterocycles. The molecule has 3 atom stereocenters. The number of carbonyl (C=O) groups is 3. The van der Waals surface area contributed by atoms with Gasteiger partial charge in [0.1, 0.15) is 5.82 Å². The normalized spacial score (nSPS) is 23.4. The number of hydrogen-bond donors (Lipinski definition) is 1. The number of nitrogens with zero attached hydrogens (tertiary/aromatic N) is 3. The van der Waals surface area contributed by atoms with E-state index >= 15 is 0 Å². The molecule has 2 saturated heterocycles. The van der Waals surface area contributed by atoms with Crippen molar-refractivity contribution < 1.29 is 19.1 Å². The van der Waals surface area contributed by atoms with Crippen LogP contribution in [0.15, 0.2) is 54.6 Å². The quantitative estimate of drug-likeness (QED) is 0.519. The SMILES string of the molecule is O=C(NCc1nc2ccccc2n1Cc1ccccc1)C1C[C@H]2OCC[C@H]2N(C(=O)C(=O)C2CC2)C1. The number of nitrogens with one attached hydrogen (secondary N) is 1. The molecule has 3 aliphatic rings. The number of rotatable bonds is 7. The van der Waals surface area contributed by atoms with E-state index in [0.717, 1.165) is 35.3 Å². The number of amides is 2. The summed E-state index contributed by atoms with van der Waals surface area (Å²) in [4.78, 5) is 45.2. The second-order valence-electron chi connectivity index (χ2n) is 10.1. The van der Waals surface area contributed by atoms with E-state index in [1.54, 1.807) is 4.90 Å². The first-order valence-electron chi connectivity index (χ1n) is 12.8. The van der Waals surface area contributed by atoms with Gasteiger partial charge in [0.05, 0.1) is 35.6 Å². The van der Waals surface area contributed by atoms with Crippen molar-refractivity contribution in [1.29, 1.82) is 0 Å². The molecule has 1 aromatic heterocycles. The number of benzene rings is 2. The zero-order valence-electron chi connectivity index (χ0n) is 20.1. The molecule has 0 bridgehead atoms. The van der Waals surface area contributed by atoms with Crippen LogP contribution in [0, 0.1) is 11.8 Å². The number of hydrogen-bond acceptors (Lipinski definition) is 5. The second-order valence-corrected chi connectivity index (χ2v) is 10.1. The van der Waals surface area contributed by atoms with Gasteiger partial charge in [0.15, 0.2) is 0 Å². The Morgan fingerprint density at radius 3 is 2.56 bits per heavy atom. The standard InChI is InChI=1S/C28H30N4O4/c33-26(19-10-11-19)28(35)32-17-20(14-24-23(32)12-13-36-24)27(34)29-15-25-30-21-8-4-5-9-22(21)31(25)16-18-6-2-1-3-7-18/h1-9,19-20,23-24H,10-17H2,(H,29,34)/t20?,23-,24-/m1/s1. The first-order valence-corrected chi connectivity index (χ1v) is 12.8. The molecule has 2 aromatic carbocycles. The maximum Gasteiger partial charge on any atom is 0.290 e. The van der Waals surface area contributed by atoms with E-state index in [1.165, 1.54) is 0 Å². The van der Waals surface area contributed by atoms with Gasteiger partial charge in [0.2, 0.25) is 11.7 Å². The van der Waals surface area contributed by atoms with Crippen LogP contribution in [0.4, 0.5) is 0 Å². The lowest BCUT2D eigenvalue weighted by atomic mass is 9.89. The lowest BCUT2D eigenvalue weighted by Gasteiger charge is -2.39. The molecule has 6 rings (SSSR count). The van der Waals surface area contributed by atoms with E-state index in [2.05, 4.69) is 22.0 Å². The van der Waals surface area contributed by atoms with Crippen molar-refractivity contribution in [3.63, 3.8) is 0 Å². The zero-order chi connectivity index (χ0) is 24.6. The average Bonchev–Trinajstić information content (AvgIpc) is 3.55. The fraction of sp³-hybridized carbons (Fsp3) is 0.429. The molecule has 1 unspecified atom stereocenters. The monoisotopic (exact) mass is 486 g/mol. The van der Waals surface area contributed by atoms with E-state index in [9.17, 15) is 14.4 Å². The van der Waals surface area contributed by atoms with Crippen LogP contribution in [0.25, 0.3) is 11.0 Å². The summed E-state index contributed by atoms with van der Waals surface area (Å²) in [6.07, 6.45) is 2.64. The maximum atomic E-state index is 13.3. The third-order valence-electron chi connectivity index (χ3n) is 7.64. The van der Waals surface area contributed by atoms with Crippen molar-refractivity contribution in [1.82, 2.24) is 19.8 Å². The highest BCUT2D eigenvalue weighted by molar-refractivity contribution is 6.37. The molecule has 0 radical (unpaired) electrons. The fourth-order valence-electron chi connectivity index (χ4n) is 5.55. The molecule has 186 valence electrons. The highest BCUT2D eigenvalue weighted by Crippen LogP contribution is 2.35. The van der Waals surface area contributed by atoms with Gasteiger partial charge in [-0.05, 0) is 43.4 Å². The molecule has 0 spiro atoms. The Kier molecular flexibility index (Phi) is 6.05. The van der Waals surface area contributed by atoms with Gasteiger partial charge in [-0.15, -0.1) is 0 Å². The number of piperidine rings is 1. The summed E-state index contributed by atoms with van der Waals surface area (Å²) >= 11 is 0. The predicted molar refractivity (Wildman–Crippen MR) is 133 cm³/mol. The largest absolute Gasteiger partial charge is 0.376 e. The topological polar surface area (TPSA) is 93.5 Å². The van der Waals surface area contributed by atoms with Crippen molar-refractivity contribution >= 4 is 28.6 Å². The van der Waals surface area contributed by atoms with Crippen molar-refractivity contribution in [3.05, 3.63) is 66.0 Å². The Morgan fingerprint density at radius 1 is 0.972 bits per heavy atom. The number of aromatic nitrogens is 2. The molecular formula is C28H30N4O4. The summed E-state index contributed by atoms with van der Waals surface area (Å²) in [7, 11) is 0. The minimum absolute atomic E-state index is 0.112. The molecule has 2 amide bonds. The Morgan fingerprint density at radius 2 is 1.75 bits per heavy atom. The van der Waals surface area contributed by atoms with Gasteiger partial charge in [-0.3, -0.25) is 14.4 Å². The van der Waals surface area contributed by atoms with E-state index in [4.69, 9.17) is 9.72 Å². The maximum absolute atomic E-state index is 13.3. The van der Waals surface area contributed by atoms with E-state index < -0.39 is 11.8 Å². The number of para-hydroxylation sites is 2. The van der Waals surface area contributed by atoms with Crippen molar-refractivity contribution in [2.75, 3.05) is 13.2 Å². The summed E-state index contributed by atoms with van der Waals surface area (Å²) in [5, 5.41) is 3.06. The molecular weight excluding hydrogens is 456 g/mol. The molecule has 8 heteroatoms. The second kappa shape index (κ2) is 9.50. The Labute approximate surface area is 209 Å². The predicted octanol–water partition coefficient (Wildman–Crippen LogP) is 2.69. The van der Waals surface area contributed by atoms with Crippen LogP contribution in [0.5, 0.6) is 0 Å². The summed E-state index contributed by atoms with van der Waals surface area (Å²) in [5.41, 5.74) is 3.05. The highest BCUT2D eigenvalue weighted by Gasteiger charge is 2.47. The summed E-state index contributed by atoms with van der Waals surface area (Å²) < 4.78 is 7.99. The van der Waals surface area contributed by atoms with Crippen molar-refractivity contribution in [2.24, 2.45) is 11.8 Å². The van der Waals surface area contributed by atoms with Crippen molar-refractivity contribution in [2.45, 2.75) is 50.9 Å². The number of likely N-dealkylation sites (tertiary alicyclic amines) is 1. The summed E-state index contributed by atoms with van der Waals surface area (Å²) in [5.74, 6) is -0.677. The van der Waals surface area contributed by atoms with E-state index in [-0.39, 0.29) is 42.8 Å². The number of ether oxygens (including phenoxy) is 1.